The zero-order valence-corrected chi connectivity index (χ0v) is 18.4. The summed E-state index contributed by atoms with van der Waals surface area (Å²) in [7, 11) is 0. The molecule has 1 aromatic rings. The third kappa shape index (κ3) is 4.18. The van der Waals surface area contributed by atoms with Gasteiger partial charge < -0.3 is 25.2 Å². The Labute approximate surface area is 195 Å². The van der Waals surface area contributed by atoms with E-state index in [2.05, 4.69) is 10.6 Å². The monoisotopic (exact) mass is 470 g/mol. The molecule has 10 nitrogen and oxygen atoms in total. The Morgan fingerprint density at radius 2 is 1.26 bits per heavy atom. The molecule has 180 valence electrons. The number of nitrogens with one attached hydrogen (secondary N) is 2. The zero-order valence-electron chi connectivity index (χ0n) is 18.4. The lowest BCUT2D eigenvalue weighted by Crippen LogP contribution is -2.34. The number of amides is 2. The molecule has 0 spiro atoms. The van der Waals surface area contributed by atoms with Gasteiger partial charge in [0.15, 0.2) is 0 Å². The fourth-order valence-electron chi connectivity index (χ4n) is 5.67. The van der Waals surface area contributed by atoms with Gasteiger partial charge in [0.25, 0.3) is 0 Å². The molecule has 2 saturated carbocycles. The van der Waals surface area contributed by atoms with Gasteiger partial charge in [-0.05, 0) is 62.8 Å². The van der Waals surface area contributed by atoms with E-state index in [-0.39, 0.29) is 35.5 Å². The van der Waals surface area contributed by atoms with Gasteiger partial charge in [0, 0.05) is 29.1 Å². The molecule has 2 aliphatic carbocycles. The maximum absolute atomic E-state index is 12.7. The smallest absolute Gasteiger partial charge is 0.317 e. The van der Waals surface area contributed by atoms with Gasteiger partial charge in [-0.2, -0.15) is 0 Å². The molecule has 7 unspecified atom stereocenters. The standard InChI is InChI=1S/C24H26N2O8/c27-19(11-1-7-15-17(9-11)23(31)33-21(15)29)25-13-3-5-14(6-4-13)26-20(28)12-2-8-16-18(10-12)24(32)34-22(16)30/h3-6,11-12,15-18,23,31H,1-2,7-10H2,(H,25,27)(H,26,28). The van der Waals surface area contributed by atoms with Crippen LogP contribution in [0.3, 0.4) is 0 Å². The van der Waals surface area contributed by atoms with Crippen molar-refractivity contribution in [1.29, 1.82) is 0 Å². The molecule has 0 aromatic heterocycles. The van der Waals surface area contributed by atoms with Crippen LogP contribution >= 0.6 is 0 Å². The molecule has 1 aromatic carbocycles. The number of anilines is 2. The number of ether oxygens (including phenoxy) is 2. The van der Waals surface area contributed by atoms with Gasteiger partial charge in [0.2, 0.25) is 18.1 Å². The Morgan fingerprint density at radius 3 is 1.88 bits per heavy atom. The normalized spacial score (nSPS) is 34.5. The van der Waals surface area contributed by atoms with Crippen molar-refractivity contribution < 1.29 is 38.6 Å². The van der Waals surface area contributed by atoms with E-state index < -0.39 is 36.0 Å². The third-order valence-corrected chi connectivity index (χ3v) is 7.62. The quantitative estimate of drug-likeness (QED) is 0.444. The summed E-state index contributed by atoms with van der Waals surface area (Å²) in [6, 6.07) is 6.72. The predicted octanol–water partition coefficient (Wildman–Crippen LogP) is 1.59. The van der Waals surface area contributed by atoms with Crippen LogP contribution in [0.4, 0.5) is 11.4 Å². The Morgan fingerprint density at radius 1 is 0.735 bits per heavy atom. The average Bonchev–Trinajstić information content (AvgIpc) is 3.28. The van der Waals surface area contributed by atoms with Gasteiger partial charge >= 0.3 is 17.9 Å². The second-order valence-corrected chi connectivity index (χ2v) is 9.63. The van der Waals surface area contributed by atoms with Crippen molar-refractivity contribution in [2.75, 3.05) is 10.6 Å². The summed E-state index contributed by atoms with van der Waals surface area (Å²) in [6.45, 7) is 0. The number of rotatable bonds is 4. The van der Waals surface area contributed by atoms with Gasteiger partial charge in [-0.3, -0.25) is 24.0 Å². The van der Waals surface area contributed by atoms with E-state index in [1.165, 1.54) is 0 Å². The van der Waals surface area contributed by atoms with Gasteiger partial charge in [0.1, 0.15) is 0 Å². The number of carbonyl (C=O) groups is 5. The summed E-state index contributed by atoms with van der Waals surface area (Å²) in [6.07, 6.45) is 1.56. The predicted molar refractivity (Wildman–Crippen MR) is 116 cm³/mol. The second kappa shape index (κ2) is 8.83. The molecule has 2 amide bonds. The fraction of sp³-hybridized carbons (Fsp3) is 0.542. The van der Waals surface area contributed by atoms with Crippen LogP contribution in [0.2, 0.25) is 0 Å². The molecular weight excluding hydrogens is 444 g/mol. The Kier molecular flexibility index (Phi) is 5.85. The van der Waals surface area contributed by atoms with E-state index in [1.54, 1.807) is 24.3 Å². The molecule has 2 aliphatic heterocycles. The fourth-order valence-corrected chi connectivity index (χ4v) is 5.67. The van der Waals surface area contributed by atoms with Gasteiger partial charge in [-0.25, -0.2) is 0 Å². The first-order valence-electron chi connectivity index (χ1n) is 11.7. The van der Waals surface area contributed by atoms with E-state index in [0.717, 1.165) is 0 Å². The van der Waals surface area contributed by atoms with Crippen molar-refractivity contribution in [3.05, 3.63) is 24.3 Å². The molecule has 5 rings (SSSR count). The summed E-state index contributed by atoms with van der Waals surface area (Å²) in [5, 5.41) is 15.6. The minimum Gasteiger partial charge on any atom is -0.435 e. The molecule has 4 fully saturated rings. The second-order valence-electron chi connectivity index (χ2n) is 9.63. The van der Waals surface area contributed by atoms with Crippen LogP contribution in [0.1, 0.15) is 38.5 Å². The minimum absolute atomic E-state index is 0.184. The Bertz CT molecular complexity index is 1040. The summed E-state index contributed by atoms with van der Waals surface area (Å²) in [5.41, 5.74) is 1.12. The third-order valence-electron chi connectivity index (χ3n) is 7.62. The number of aliphatic hydroxyl groups is 1. The number of carbonyl (C=O) groups excluding carboxylic acids is 5. The van der Waals surface area contributed by atoms with E-state index in [0.29, 0.717) is 49.9 Å². The highest BCUT2D eigenvalue weighted by Crippen LogP contribution is 2.42. The summed E-state index contributed by atoms with van der Waals surface area (Å²) in [5.74, 6) is -4.18. The van der Waals surface area contributed by atoms with Crippen LogP contribution in [0.15, 0.2) is 24.3 Å². The maximum atomic E-state index is 12.7. The van der Waals surface area contributed by atoms with Gasteiger partial charge in [-0.1, -0.05) is 0 Å². The number of esters is 3. The first-order chi connectivity index (χ1) is 16.3. The summed E-state index contributed by atoms with van der Waals surface area (Å²) >= 11 is 0. The van der Waals surface area contributed by atoms with Crippen LogP contribution in [-0.4, -0.2) is 41.1 Å². The number of aliphatic hydroxyl groups excluding tert-OH is 1. The van der Waals surface area contributed by atoms with Crippen LogP contribution in [0.25, 0.3) is 0 Å². The SMILES string of the molecule is O=C(Nc1ccc(NC(=O)C2CCC3C(=O)OC(O)C3C2)cc1)C1CCC2C(=O)OC(=O)C2C1. The lowest BCUT2D eigenvalue weighted by atomic mass is 9.74. The largest absolute Gasteiger partial charge is 0.435 e. The topological polar surface area (TPSA) is 148 Å². The molecule has 2 saturated heterocycles. The number of hydrogen-bond acceptors (Lipinski definition) is 8. The number of cyclic esters (lactones) is 3. The molecule has 4 aliphatic rings. The van der Waals surface area contributed by atoms with Crippen molar-refractivity contribution in [3.63, 3.8) is 0 Å². The minimum atomic E-state index is -1.15. The van der Waals surface area contributed by atoms with E-state index in [4.69, 9.17) is 9.47 Å². The van der Waals surface area contributed by atoms with E-state index in [1.807, 2.05) is 0 Å². The Balaban J connectivity index is 1.13. The number of fused-ring (bicyclic) bond motifs is 2. The zero-order chi connectivity index (χ0) is 24.0. The van der Waals surface area contributed by atoms with Crippen molar-refractivity contribution >= 4 is 41.1 Å². The highest BCUT2D eigenvalue weighted by atomic mass is 16.6. The first-order valence-corrected chi connectivity index (χ1v) is 11.7. The maximum Gasteiger partial charge on any atom is 0.317 e. The molecule has 10 heteroatoms. The number of hydrogen-bond donors (Lipinski definition) is 3. The molecule has 0 radical (unpaired) electrons. The van der Waals surface area contributed by atoms with Crippen molar-refractivity contribution in [3.8, 4) is 0 Å². The van der Waals surface area contributed by atoms with Crippen molar-refractivity contribution in [1.82, 2.24) is 0 Å². The Hall–Kier alpha value is -3.27. The summed E-state index contributed by atoms with van der Waals surface area (Å²) < 4.78 is 9.58. The lowest BCUT2D eigenvalue weighted by molar-refractivity contribution is -0.157. The van der Waals surface area contributed by atoms with E-state index >= 15 is 0 Å². The van der Waals surface area contributed by atoms with Crippen LogP contribution < -0.4 is 10.6 Å². The van der Waals surface area contributed by atoms with Crippen LogP contribution in [-0.2, 0) is 33.4 Å². The summed E-state index contributed by atoms with van der Waals surface area (Å²) in [4.78, 5) is 60.6. The molecular formula is C24H26N2O8. The highest BCUT2D eigenvalue weighted by Gasteiger charge is 2.49. The van der Waals surface area contributed by atoms with Crippen molar-refractivity contribution in [2.45, 2.75) is 44.8 Å². The molecule has 3 N–H and O–H groups in total. The van der Waals surface area contributed by atoms with Gasteiger partial charge in [0.05, 0.1) is 17.8 Å². The molecule has 7 atom stereocenters. The van der Waals surface area contributed by atoms with Crippen LogP contribution in [0.5, 0.6) is 0 Å². The molecule has 0 bridgehead atoms. The van der Waals surface area contributed by atoms with Crippen LogP contribution in [0, 0.1) is 35.5 Å². The number of benzene rings is 1. The highest BCUT2D eigenvalue weighted by molar-refractivity contribution is 5.98. The average molecular weight is 470 g/mol. The van der Waals surface area contributed by atoms with E-state index in [9.17, 15) is 29.1 Å². The molecule has 2 heterocycles. The van der Waals surface area contributed by atoms with Crippen molar-refractivity contribution in [2.24, 2.45) is 35.5 Å². The molecule has 34 heavy (non-hydrogen) atoms. The lowest BCUT2D eigenvalue weighted by Gasteiger charge is -2.29. The first kappa shape index (κ1) is 22.5. The van der Waals surface area contributed by atoms with Gasteiger partial charge in [-0.15, -0.1) is 0 Å².